The van der Waals surface area contributed by atoms with E-state index in [-0.39, 0.29) is 41.5 Å². The van der Waals surface area contributed by atoms with Gasteiger partial charge in [-0.1, -0.05) is 54.4 Å². The third kappa shape index (κ3) is 4.87. The van der Waals surface area contributed by atoms with Crippen LogP contribution in [-0.2, 0) is 14.3 Å². The van der Waals surface area contributed by atoms with Crippen LogP contribution in [-0.4, -0.2) is 49.1 Å². The summed E-state index contributed by atoms with van der Waals surface area (Å²) in [6, 6.07) is 8.30. The van der Waals surface area contributed by atoms with Crippen molar-refractivity contribution in [3.63, 3.8) is 0 Å². The third-order valence-electron chi connectivity index (χ3n) is 8.98. The Morgan fingerprint density at radius 3 is 2.53 bits per heavy atom. The van der Waals surface area contributed by atoms with Gasteiger partial charge in [0.15, 0.2) is 0 Å². The number of halogens is 2. The van der Waals surface area contributed by atoms with Crippen molar-refractivity contribution in [3.8, 4) is 0 Å². The fraction of sp³-hybridized carbons (Fsp3) is 0.586. The number of carbonyl (C=O) groups excluding carboxylic acids is 2. The van der Waals surface area contributed by atoms with E-state index in [4.69, 9.17) is 27.9 Å². The number of hydrogen-bond donors (Lipinski definition) is 1. The molecule has 2 aliphatic heterocycles. The summed E-state index contributed by atoms with van der Waals surface area (Å²) >= 11 is 13.2. The van der Waals surface area contributed by atoms with E-state index in [0.717, 1.165) is 31.3 Å². The number of hydrogen-bond acceptors (Lipinski definition) is 3. The Kier molecular flexibility index (Phi) is 7.54. The van der Waals surface area contributed by atoms with Gasteiger partial charge in [0.1, 0.15) is 0 Å². The van der Waals surface area contributed by atoms with Gasteiger partial charge >= 0.3 is 0 Å². The summed E-state index contributed by atoms with van der Waals surface area (Å²) in [6.45, 7) is 6.71. The fourth-order valence-corrected chi connectivity index (χ4v) is 7.37. The summed E-state index contributed by atoms with van der Waals surface area (Å²) in [5.74, 6) is 0.606. The highest BCUT2D eigenvalue weighted by atomic mass is 35.5. The van der Waals surface area contributed by atoms with Crippen LogP contribution in [0.1, 0.15) is 57.4 Å². The molecule has 3 fully saturated rings. The molecule has 5 rings (SSSR count). The Morgan fingerprint density at radius 2 is 1.83 bits per heavy atom. The lowest BCUT2D eigenvalue weighted by molar-refractivity contribution is -0.138. The number of amides is 2. The monoisotopic (exact) mass is 530 g/mol. The average Bonchev–Trinajstić information content (AvgIpc) is 2.99. The van der Waals surface area contributed by atoms with Gasteiger partial charge in [-0.25, -0.2) is 0 Å². The number of rotatable bonds is 3. The number of morpholine rings is 1. The molecule has 2 aliphatic carbocycles. The molecular weight excluding hydrogens is 495 g/mol. The smallest absolute Gasteiger partial charge is 0.230 e. The molecular formula is C29H36Cl2N2O3. The third-order valence-corrected chi connectivity index (χ3v) is 9.57. The van der Waals surface area contributed by atoms with Gasteiger partial charge in [-0.05, 0) is 80.1 Å². The molecule has 2 heterocycles. The summed E-state index contributed by atoms with van der Waals surface area (Å²) < 4.78 is 5.41. The van der Waals surface area contributed by atoms with Crippen molar-refractivity contribution < 1.29 is 14.3 Å². The average molecular weight is 532 g/mol. The summed E-state index contributed by atoms with van der Waals surface area (Å²) in [6.07, 6.45) is 8.45. The predicted octanol–water partition coefficient (Wildman–Crippen LogP) is 5.68. The number of ether oxygens (including phenoxy) is 1. The quantitative estimate of drug-likeness (QED) is 0.546. The first-order chi connectivity index (χ1) is 17.3. The Labute approximate surface area is 224 Å². The van der Waals surface area contributed by atoms with Crippen LogP contribution >= 0.6 is 23.2 Å². The van der Waals surface area contributed by atoms with Crippen molar-refractivity contribution in [1.29, 1.82) is 0 Å². The maximum Gasteiger partial charge on any atom is 0.230 e. The first-order valence-corrected chi connectivity index (χ1v) is 14.0. The van der Waals surface area contributed by atoms with Crippen LogP contribution < -0.4 is 5.32 Å². The van der Waals surface area contributed by atoms with Gasteiger partial charge in [0.2, 0.25) is 11.8 Å². The van der Waals surface area contributed by atoms with Crippen molar-refractivity contribution in [2.75, 3.05) is 26.3 Å². The second-order valence-electron chi connectivity index (χ2n) is 11.2. The lowest BCUT2D eigenvalue weighted by Crippen LogP contribution is -2.49. The number of nitrogens with one attached hydrogen (secondary N) is 1. The number of fused-ring (bicyclic) bond motifs is 1. The molecule has 1 N–H and O–H groups in total. The van der Waals surface area contributed by atoms with Gasteiger partial charge in [0.25, 0.3) is 0 Å². The number of carbonyl (C=O) groups is 2. The van der Waals surface area contributed by atoms with Crippen molar-refractivity contribution in [1.82, 2.24) is 10.2 Å². The Balaban J connectivity index is 1.46. The Morgan fingerprint density at radius 1 is 1.11 bits per heavy atom. The molecule has 1 aromatic rings. The largest absolute Gasteiger partial charge is 0.378 e. The lowest BCUT2D eigenvalue weighted by Gasteiger charge is -2.49. The zero-order valence-electron chi connectivity index (χ0n) is 21.1. The molecule has 0 spiro atoms. The van der Waals surface area contributed by atoms with E-state index in [0.29, 0.717) is 42.8 Å². The van der Waals surface area contributed by atoms with Crippen molar-refractivity contribution >= 4 is 35.0 Å². The molecule has 2 amide bonds. The van der Waals surface area contributed by atoms with Crippen LogP contribution in [0.5, 0.6) is 0 Å². The zero-order chi connectivity index (χ0) is 25.4. The maximum atomic E-state index is 13.4. The second kappa shape index (κ2) is 10.5. The summed E-state index contributed by atoms with van der Waals surface area (Å²) in [5, 5.41) is 4.65. The summed E-state index contributed by atoms with van der Waals surface area (Å²) in [7, 11) is 0. The predicted molar refractivity (Wildman–Crippen MR) is 143 cm³/mol. The molecule has 5 nitrogen and oxygen atoms in total. The van der Waals surface area contributed by atoms with Crippen LogP contribution in [0, 0.1) is 23.2 Å². The van der Waals surface area contributed by atoms with Gasteiger partial charge < -0.3 is 15.0 Å². The van der Waals surface area contributed by atoms with E-state index in [2.05, 4.69) is 37.4 Å². The highest BCUT2D eigenvalue weighted by Crippen LogP contribution is 2.57. The minimum absolute atomic E-state index is 0.131. The molecule has 1 aromatic carbocycles. The molecule has 1 unspecified atom stereocenters. The normalized spacial score (nSPS) is 35.2. The van der Waals surface area contributed by atoms with Crippen molar-refractivity contribution in [3.05, 3.63) is 57.6 Å². The Hall–Kier alpha value is -1.82. The minimum Gasteiger partial charge on any atom is -0.378 e. The van der Waals surface area contributed by atoms with Crippen molar-refractivity contribution in [2.24, 2.45) is 23.2 Å². The first-order valence-electron chi connectivity index (χ1n) is 13.3. The zero-order valence-corrected chi connectivity index (χ0v) is 22.7. The topological polar surface area (TPSA) is 58.6 Å². The van der Waals surface area contributed by atoms with E-state index in [1.165, 1.54) is 5.56 Å². The van der Waals surface area contributed by atoms with Gasteiger partial charge in [-0.15, -0.1) is 0 Å². The molecule has 0 radical (unpaired) electrons. The minimum atomic E-state index is -0.425. The van der Waals surface area contributed by atoms with Gasteiger partial charge in [0.05, 0.1) is 19.1 Å². The number of nitrogens with zero attached hydrogens (tertiary/aromatic N) is 1. The lowest BCUT2D eigenvalue weighted by atomic mass is 9.54. The van der Waals surface area contributed by atoms with Crippen LogP contribution in [0.2, 0.25) is 5.02 Å². The van der Waals surface area contributed by atoms with E-state index in [1.807, 2.05) is 23.1 Å². The summed E-state index contributed by atoms with van der Waals surface area (Å²) in [5.41, 5.74) is 1.91. The first kappa shape index (κ1) is 25.8. The van der Waals surface area contributed by atoms with Crippen LogP contribution in [0.15, 0.2) is 47.0 Å². The molecule has 7 heteroatoms. The van der Waals surface area contributed by atoms with Gasteiger partial charge in [0, 0.05) is 34.6 Å². The highest BCUT2D eigenvalue weighted by molar-refractivity contribution is 6.32. The molecule has 2 saturated heterocycles. The molecule has 6 atom stereocenters. The van der Waals surface area contributed by atoms with Crippen molar-refractivity contribution in [2.45, 2.75) is 57.9 Å². The molecule has 1 saturated carbocycles. The number of benzene rings is 1. The molecule has 36 heavy (non-hydrogen) atoms. The maximum absolute atomic E-state index is 13.4. The summed E-state index contributed by atoms with van der Waals surface area (Å²) in [4.78, 5) is 28.4. The SMILES string of the molecule is C[C@@H]1CC[C@@H]2[C@@H](c3ccc(Cl)cc3)[C@H](C3=CCC(C(=O)N4CCOCC4)C=C3Cl)CC[C@@]2(C)C(=O)N1. The van der Waals surface area contributed by atoms with Crippen LogP contribution in [0.4, 0.5) is 0 Å². The molecule has 0 aromatic heterocycles. The van der Waals surface area contributed by atoms with Gasteiger partial charge in [-0.2, -0.15) is 0 Å². The molecule has 194 valence electrons. The highest BCUT2D eigenvalue weighted by Gasteiger charge is 2.53. The Bertz CT molecular complexity index is 1060. The van der Waals surface area contributed by atoms with E-state index in [9.17, 15) is 9.59 Å². The fourth-order valence-electron chi connectivity index (χ4n) is 6.88. The second-order valence-corrected chi connectivity index (χ2v) is 12.0. The van der Waals surface area contributed by atoms with E-state index < -0.39 is 5.41 Å². The standard InChI is InChI=1S/C29H36Cl2N2O3/c1-18-3-10-24-26(19-4-7-21(30)8-5-19)23(11-12-29(24,2)28(35)32-18)22-9-6-20(17-25(22)31)27(34)33-13-15-36-16-14-33/h4-5,7-9,17-18,20,23-24,26H,3,6,10-16H2,1-2H3,(H,32,35)/t18-,20?,23+,24-,26+,29-/m1/s1. The molecule has 0 bridgehead atoms. The van der Waals surface area contributed by atoms with E-state index in [1.54, 1.807) is 0 Å². The number of allylic oxidation sites excluding steroid dienone is 3. The van der Waals surface area contributed by atoms with E-state index >= 15 is 0 Å². The van der Waals surface area contributed by atoms with Crippen LogP contribution in [0.25, 0.3) is 0 Å². The van der Waals surface area contributed by atoms with Crippen LogP contribution in [0.3, 0.4) is 0 Å². The van der Waals surface area contributed by atoms with Gasteiger partial charge in [-0.3, -0.25) is 9.59 Å². The molecule has 4 aliphatic rings.